The van der Waals surface area contributed by atoms with Gasteiger partial charge in [0, 0.05) is 5.46 Å². The normalized spacial score (nSPS) is 12.7. The minimum Gasteiger partial charge on any atom is -0.458 e. The zero-order chi connectivity index (χ0) is 33.3. The maximum absolute atomic E-state index is 6.68. The van der Waals surface area contributed by atoms with Crippen LogP contribution in [0.15, 0.2) is 158 Å². The molecule has 3 heteroatoms. The van der Waals surface area contributed by atoms with Crippen molar-refractivity contribution < 1.29 is 9.47 Å². The number of rotatable bonds is 4. The molecule has 0 saturated heterocycles. The van der Waals surface area contributed by atoms with Gasteiger partial charge in [-0.25, -0.2) is 0 Å². The highest BCUT2D eigenvalue weighted by Gasteiger charge is 2.40. The van der Waals surface area contributed by atoms with Crippen LogP contribution in [0, 0.1) is 0 Å². The van der Waals surface area contributed by atoms with E-state index in [1.165, 1.54) is 60.3 Å². The third-order valence-corrected chi connectivity index (χ3v) is 10.5. The van der Waals surface area contributed by atoms with E-state index in [0.29, 0.717) is 5.92 Å². The Morgan fingerprint density at radius 2 is 0.840 bits per heavy atom. The molecule has 0 aliphatic carbocycles. The van der Waals surface area contributed by atoms with Gasteiger partial charge in [-0.2, -0.15) is 0 Å². The van der Waals surface area contributed by atoms with E-state index in [2.05, 4.69) is 172 Å². The van der Waals surface area contributed by atoms with E-state index in [0.717, 1.165) is 39.6 Å². The van der Waals surface area contributed by atoms with E-state index in [1.807, 2.05) is 0 Å². The van der Waals surface area contributed by atoms with Crippen LogP contribution in [0.1, 0.15) is 25.3 Å². The monoisotopic (exact) mass is 640 g/mol. The van der Waals surface area contributed by atoms with Crippen molar-refractivity contribution in [2.45, 2.75) is 19.8 Å². The van der Waals surface area contributed by atoms with E-state index in [-0.39, 0.29) is 6.71 Å². The molecule has 8 aromatic rings. The van der Waals surface area contributed by atoms with E-state index in [9.17, 15) is 0 Å². The molecule has 0 aromatic heterocycles. The Bertz CT molecular complexity index is 2510. The second-order valence-electron chi connectivity index (χ2n) is 13.8. The smallest absolute Gasteiger partial charge is 0.260 e. The zero-order valence-electron chi connectivity index (χ0n) is 28.0. The molecular formula is C47H33BO2. The predicted octanol–water partition coefficient (Wildman–Crippen LogP) is 10.8. The van der Waals surface area contributed by atoms with Crippen molar-refractivity contribution in [3.63, 3.8) is 0 Å². The molecule has 0 radical (unpaired) electrons. The van der Waals surface area contributed by atoms with Gasteiger partial charge in [0.25, 0.3) is 6.71 Å². The largest absolute Gasteiger partial charge is 0.458 e. The van der Waals surface area contributed by atoms with Gasteiger partial charge >= 0.3 is 0 Å². The fourth-order valence-corrected chi connectivity index (χ4v) is 8.21. The summed E-state index contributed by atoms with van der Waals surface area (Å²) in [6.45, 7) is 4.61. The number of hydrogen-bond acceptors (Lipinski definition) is 2. The van der Waals surface area contributed by atoms with Gasteiger partial charge in [0.2, 0.25) is 0 Å². The lowest BCUT2D eigenvalue weighted by Crippen LogP contribution is -2.57. The van der Waals surface area contributed by atoms with E-state index in [4.69, 9.17) is 9.47 Å². The van der Waals surface area contributed by atoms with Crippen LogP contribution in [0.2, 0.25) is 0 Å². The molecule has 0 bridgehead atoms. The Kier molecular flexibility index (Phi) is 6.51. The Morgan fingerprint density at radius 1 is 0.400 bits per heavy atom. The molecule has 0 saturated carbocycles. The first-order valence-electron chi connectivity index (χ1n) is 17.5. The Hall–Kier alpha value is -6.06. The molecule has 2 nitrogen and oxygen atoms in total. The number of ether oxygens (including phenoxy) is 2. The molecule has 0 atom stereocenters. The quantitative estimate of drug-likeness (QED) is 0.141. The first-order chi connectivity index (χ1) is 24.6. The molecule has 236 valence electrons. The number of fused-ring (bicyclic) bond motifs is 6. The molecule has 8 aromatic carbocycles. The average molecular weight is 641 g/mol. The van der Waals surface area contributed by atoms with Crippen LogP contribution in [-0.2, 0) is 0 Å². The van der Waals surface area contributed by atoms with E-state index < -0.39 is 0 Å². The predicted molar refractivity (Wildman–Crippen MR) is 210 cm³/mol. The van der Waals surface area contributed by atoms with Crippen LogP contribution in [0.4, 0.5) is 0 Å². The van der Waals surface area contributed by atoms with Gasteiger partial charge in [0.15, 0.2) is 0 Å². The van der Waals surface area contributed by atoms with Crippen LogP contribution in [0.3, 0.4) is 0 Å². The maximum atomic E-state index is 6.68. The van der Waals surface area contributed by atoms with Gasteiger partial charge in [-0.15, -0.1) is 0 Å². The van der Waals surface area contributed by atoms with Crippen molar-refractivity contribution in [2.75, 3.05) is 0 Å². The van der Waals surface area contributed by atoms with Crippen molar-refractivity contribution in [3.8, 4) is 56.4 Å². The number of para-hydroxylation sites is 2. The lowest BCUT2D eigenvalue weighted by Gasteiger charge is -2.33. The number of hydrogen-bond donors (Lipinski definition) is 0. The molecule has 2 aliphatic rings. The third kappa shape index (κ3) is 4.43. The summed E-state index contributed by atoms with van der Waals surface area (Å²) in [5.74, 6) is 3.85. The topological polar surface area (TPSA) is 18.5 Å². The average Bonchev–Trinajstić information content (AvgIpc) is 3.16. The summed E-state index contributed by atoms with van der Waals surface area (Å²) >= 11 is 0. The molecule has 10 rings (SSSR count). The van der Waals surface area contributed by atoms with E-state index >= 15 is 0 Å². The van der Waals surface area contributed by atoms with Gasteiger partial charge in [0.1, 0.15) is 23.0 Å². The lowest BCUT2D eigenvalue weighted by molar-refractivity contribution is 0.465. The van der Waals surface area contributed by atoms with E-state index in [1.54, 1.807) is 0 Å². The summed E-state index contributed by atoms with van der Waals surface area (Å²) in [6, 6.07) is 56.9. The van der Waals surface area contributed by atoms with Crippen molar-refractivity contribution >= 4 is 44.6 Å². The van der Waals surface area contributed by atoms with Crippen molar-refractivity contribution in [2.24, 2.45) is 0 Å². The first kappa shape index (κ1) is 28.9. The highest BCUT2D eigenvalue weighted by atomic mass is 16.5. The molecular weight excluding hydrogens is 607 g/mol. The number of benzene rings is 8. The van der Waals surface area contributed by atoms with Gasteiger partial charge in [-0.1, -0.05) is 141 Å². The minimum absolute atomic E-state index is 0.0577. The second-order valence-corrected chi connectivity index (χ2v) is 13.8. The highest BCUT2D eigenvalue weighted by molar-refractivity contribution is 6.98. The highest BCUT2D eigenvalue weighted by Crippen LogP contribution is 2.46. The lowest BCUT2D eigenvalue weighted by atomic mass is 9.35. The zero-order valence-corrected chi connectivity index (χ0v) is 28.0. The van der Waals surface area contributed by atoms with Crippen molar-refractivity contribution in [1.82, 2.24) is 0 Å². The molecule has 0 unspecified atom stereocenters. The summed E-state index contributed by atoms with van der Waals surface area (Å²) in [5, 5.41) is 5.01. The molecule has 0 spiro atoms. The van der Waals surface area contributed by atoms with Gasteiger partial charge in [-0.3, -0.25) is 0 Å². The Labute approximate surface area is 292 Å². The van der Waals surface area contributed by atoms with Gasteiger partial charge in [0.05, 0.1) is 0 Å². The van der Waals surface area contributed by atoms with Crippen LogP contribution in [-0.4, -0.2) is 6.71 Å². The minimum atomic E-state index is 0.0577. The van der Waals surface area contributed by atoms with Crippen LogP contribution < -0.4 is 25.9 Å². The molecule has 0 amide bonds. The Balaban J connectivity index is 1.22. The van der Waals surface area contributed by atoms with Crippen molar-refractivity contribution in [3.05, 3.63) is 163 Å². The van der Waals surface area contributed by atoms with Crippen molar-refractivity contribution in [1.29, 1.82) is 0 Å². The fraction of sp³-hybridized carbons (Fsp3) is 0.0638. The summed E-state index contributed by atoms with van der Waals surface area (Å²) in [6.07, 6.45) is 0. The first-order valence-corrected chi connectivity index (χ1v) is 17.5. The molecule has 0 N–H and O–H groups in total. The molecule has 50 heavy (non-hydrogen) atoms. The maximum Gasteiger partial charge on any atom is 0.260 e. The molecule has 2 heterocycles. The molecule has 2 aliphatic heterocycles. The fourth-order valence-electron chi connectivity index (χ4n) is 8.21. The van der Waals surface area contributed by atoms with Gasteiger partial charge < -0.3 is 9.47 Å². The second kappa shape index (κ2) is 11.3. The van der Waals surface area contributed by atoms with Crippen LogP contribution in [0.25, 0.3) is 54.9 Å². The Morgan fingerprint density at radius 3 is 1.38 bits per heavy atom. The summed E-state index contributed by atoms with van der Waals surface area (Å²) in [4.78, 5) is 0. The van der Waals surface area contributed by atoms with Gasteiger partial charge in [-0.05, 0) is 108 Å². The summed E-state index contributed by atoms with van der Waals surface area (Å²) in [7, 11) is 0. The standard InChI is InChI=1S/C47H33BO2/c1-29(2)31-24-32(33-27-43-47-44(28-33)50-42-23-13-11-21-40(42)48(47)39-20-10-12-22-41(39)49-43)26-34(25-31)46-37-18-8-6-16-35(37)45(30-14-4-3-5-15-30)36-17-7-9-19-38(36)46/h3-29H,1-2H3. The summed E-state index contributed by atoms with van der Waals surface area (Å²) < 4.78 is 13.4. The SMILES string of the molecule is CC(C)c1cc(-c2cc3c4c(c2)Oc2ccccc2B4c2ccccc2O3)cc(-c2c3ccccc3c(-c3ccccc3)c3ccccc23)c1. The third-order valence-electron chi connectivity index (χ3n) is 10.5. The van der Waals surface area contributed by atoms with Crippen LogP contribution >= 0.6 is 0 Å². The van der Waals surface area contributed by atoms with Crippen LogP contribution in [0.5, 0.6) is 23.0 Å². The summed E-state index contributed by atoms with van der Waals surface area (Å²) in [5.41, 5.74) is 11.9. The molecule has 0 fully saturated rings.